The zero-order chi connectivity index (χ0) is 18.4. The topological polar surface area (TPSA) is 132 Å². The molecule has 0 aliphatic heterocycles. The van der Waals surface area contributed by atoms with Crippen LogP contribution in [0.3, 0.4) is 0 Å². The van der Waals surface area contributed by atoms with Gasteiger partial charge in [-0.3, -0.25) is 4.79 Å². The number of carboxylic acids is 1. The molecule has 0 unspecified atom stereocenters. The Kier molecular flexibility index (Phi) is 10.8. The van der Waals surface area contributed by atoms with Crippen molar-refractivity contribution in [2.24, 2.45) is 11.5 Å². The van der Waals surface area contributed by atoms with Gasteiger partial charge in [0.05, 0.1) is 5.56 Å². The maximum atomic E-state index is 10.3. The SMILES string of the molecule is C=CC(N)=O.NCCc1ccccc1.Nc1ccc(C(=O)O)cc1. The largest absolute Gasteiger partial charge is 0.478 e. The molecule has 2 aromatic carbocycles. The number of amides is 1. The van der Waals surface area contributed by atoms with Gasteiger partial charge in [-0.2, -0.15) is 0 Å². The van der Waals surface area contributed by atoms with Crippen LogP contribution in [0.5, 0.6) is 0 Å². The molecule has 0 radical (unpaired) electrons. The van der Waals surface area contributed by atoms with Gasteiger partial charge in [-0.1, -0.05) is 36.9 Å². The van der Waals surface area contributed by atoms with Gasteiger partial charge in [0.15, 0.2) is 0 Å². The van der Waals surface area contributed by atoms with Gasteiger partial charge in [-0.05, 0) is 48.9 Å². The predicted molar refractivity (Wildman–Crippen MR) is 96.4 cm³/mol. The number of carbonyl (C=O) groups is 2. The standard InChI is InChI=1S/C8H11N.C7H7NO2.C3H5NO/c9-7-6-8-4-2-1-3-5-8;8-6-3-1-5(2-4-6)7(9)10;1-2-3(4)5/h1-5H,6-7,9H2;1-4H,8H2,(H,9,10);2H,1H2,(H2,4,5). The highest BCUT2D eigenvalue weighted by molar-refractivity contribution is 5.87. The quantitative estimate of drug-likeness (QED) is 0.501. The molecular weight excluding hydrogens is 306 g/mol. The van der Waals surface area contributed by atoms with E-state index in [4.69, 9.17) is 16.6 Å². The number of benzene rings is 2. The summed E-state index contributed by atoms with van der Waals surface area (Å²) in [6, 6.07) is 16.3. The Morgan fingerprint density at radius 2 is 1.54 bits per heavy atom. The lowest BCUT2D eigenvalue weighted by Gasteiger charge is -1.93. The summed E-state index contributed by atoms with van der Waals surface area (Å²) in [7, 11) is 0. The van der Waals surface area contributed by atoms with Crippen molar-refractivity contribution in [2.75, 3.05) is 12.3 Å². The maximum absolute atomic E-state index is 10.3. The molecule has 1 amide bonds. The number of aromatic carboxylic acids is 1. The molecule has 24 heavy (non-hydrogen) atoms. The van der Waals surface area contributed by atoms with E-state index in [1.54, 1.807) is 12.1 Å². The van der Waals surface area contributed by atoms with Crippen molar-refractivity contribution in [3.05, 3.63) is 78.4 Å². The Bertz CT molecular complexity index is 626. The summed E-state index contributed by atoms with van der Waals surface area (Å²) in [5.74, 6) is -1.41. The molecule has 0 heterocycles. The highest BCUT2D eigenvalue weighted by Crippen LogP contribution is 2.04. The lowest BCUT2D eigenvalue weighted by molar-refractivity contribution is -0.113. The van der Waals surface area contributed by atoms with Crippen molar-refractivity contribution in [3.63, 3.8) is 0 Å². The predicted octanol–water partition coefficient (Wildman–Crippen LogP) is 1.81. The third kappa shape index (κ3) is 10.6. The molecule has 0 aliphatic carbocycles. The Balaban J connectivity index is 0.000000351. The third-order valence-corrected chi connectivity index (χ3v) is 2.63. The molecule has 2 rings (SSSR count). The molecule has 0 bridgehead atoms. The molecule has 2 aromatic rings. The second kappa shape index (κ2) is 12.4. The summed E-state index contributed by atoms with van der Waals surface area (Å²) in [6.07, 6.45) is 2.04. The number of rotatable bonds is 4. The molecule has 0 atom stereocenters. The van der Waals surface area contributed by atoms with E-state index in [2.05, 4.69) is 24.4 Å². The summed E-state index contributed by atoms with van der Waals surface area (Å²) >= 11 is 0. The number of carbonyl (C=O) groups excluding carboxylic acids is 1. The Hall–Kier alpha value is -3.12. The number of hydrogen-bond donors (Lipinski definition) is 4. The van der Waals surface area contributed by atoms with E-state index in [-0.39, 0.29) is 5.56 Å². The normalized spacial score (nSPS) is 8.71. The fourth-order valence-corrected chi connectivity index (χ4v) is 1.44. The first kappa shape index (κ1) is 20.9. The molecular formula is C18H23N3O3. The molecule has 0 saturated heterocycles. The molecule has 6 nitrogen and oxygen atoms in total. The van der Waals surface area contributed by atoms with Gasteiger partial charge in [0.25, 0.3) is 0 Å². The Labute approximate surface area is 141 Å². The van der Waals surface area contributed by atoms with Crippen LogP contribution >= 0.6 is 0 Å². The summed E-state index contributed by atoms with van der Waals surface area (Å²) in [5, 5.41) is 8.43. The van der Waals surface area contributed by atoms with Gasteiger partial charge < -0.3 is 22.3 Å². The van der Waals surface area contributed by atoms with Crippen molar-refractivity contribution in [1.29, 1.82) is 0 Å². The second-order valence-electron chi connectivity index (χ2n) is 4.56. The van der Waals surface area contributed by atoms with Crippen molar-refractivity contribution in [3.8, 4) is 0 Å². The van der Waals surface area contributed by atoms with E-state index in [9.17, 15) is 9.59 Å². The van der Waals surface area contributed by atoms with Crippen LogP contribution in [0.2, 0.25) is 0 Å². The van der Waals surface area contributed by atoms with Crippen LogP contribution in [-0.4, -0.2) is 23.5 Å². The average Bonchev–Trinajstić information content (AvgIpc) is 2.57. The number of anilines is 1. The van der Waals surface area contributed by atoms with Crippen LogP contribution in [0.25, 0.3) is 0 Å². The number of hydrogen-bond acceptors (Lipinski definition) is 4. The van der Waals surface area contributed by atoms with Crippen LogP contribution in [0.1, 0.15) is 15.9 Å². The summed E-state index contributed by atoms with van der Waals surface area (Å²) < 4.78 is 0. The Morgan fingerprint density at radius 1 is 1.04 bits per heavy atom. The number of carboxylic acid groups (broad SMARTS) is 1. The fraction of sp³-hybridized carbons (Fsp3) is 0.111. The summed E-state index contributed by atoms with van der Waals surface area (Å²) in [5.41, 5.74) is 17.4. The first-order valence-corrected chi connectivity index (χ1v) is 7.15. The zero-order valence-corrected chi connectivity index (χ0v) is 13.4. The molecule has 0 fully saturated rings. The molecule has 0 spiro atoms. The third-order valence-electron chi connectivity index (χ3n) is 2.63. The van der Waals surface area contributed by atoms with Crippen molar-refractivity contribution >= 4 is 17.6 Å². The van der Waals surface area contributed by atoms with Crippen LogP contribution < -0.4 is 17.2 Å². The van der Waals surface area contributed by atoms with E-state index in [0.717, 1.165) is 19.0 Å². The van der Waals surface area contributed by atoms with Crippen LogP contribution in [-0.2, 0) is 11.2 Å². The van der Waals surface area contributed by atoms with Gasteiger partial charge in [0.2, 0.25) is 5.91 Å². The van der Waals surface area contributed by atoms with E-state index in [1.165, 1.54) is 17.7 Å². The monoisotopic (exact) mass is 329 g/mol. The minimum atomic E-state index is -0.931. The van der Waals surface area contributed by atoms with Crippen LogP contribution in [0, 0.1) is 0 Å². The van der Waals surface area contributed by atoms with Crippen molar-refractivity contribution in [1.82, 2.24) is 0 Å². The number of nitrogen functional groups attached to an aromatic ring is 1. The fourth-order valence-electron chi connectivity index (χ4n) is 1.44. The number of primary amides is 1. The van der Waals surface area contributed by atoms with E-state index < -0.39 is 11.9 Å². The molecule has 0 aliphatic rings. The maximum Gasteiger partial charge on any atom is 0.335 e. The minimum Gasteiger partial charge on any atom is -0.478 e. The Morgan fingerprint density at radius 3 is 1.92 bits per heavy atom. The first-order chi connectivity index (χ1) is 11.4. The van der Waals surface area contributed by atoms with Gasteiger partial charge in [-0.25, -0.2) is 4.79 Å². The van der Waals surface area contributed by atoms with Gasteiger partial charge >= 0.3 is 5.97 Å². The zero-order valence-electron chi connectivity index (χ0n) is 13.4. The van der Waals surface area contributed by atoms with E-state index >= 15 is 0 Å². The first-order valence-electron chi connectivity index (χ1n) is 7.15. The minimum absolute atomic E-state index is 0.259. The molecule has 0 aromatic heterocycles. The smallest absolute Gasteiger partial charge is 0.335 e. The molecule has 7 N–H and O–H groups in total. The summed E-state index contributed by atoms with van der Waals surface area (Å²) in [4.78, 5) is 19.7. The van der Waals surface area contributed by atoms with Gasteiger partial charge in [-0.15, -0.1) is 0 Å². The highest BCUT2D eigenvalue weighted by atomic mass is 16.4. The van der Waals surface area contributed by atoms with Gasteiger partial charge in [0, 0.05) is 5.69 Å². The second-order valence-corrected chi connectivity index (χ2v) is 4.56. The molecule has 0 saturated carbocycles. The molecule has 6 heteroatoms. The summed E-state index contributed by atoms with van der Waals surface area (Å²) in [6.45, 7) is 3.83. The van der Waals surface area contributed by atoms with Crippen LogP contribution in [0.15, 0.2) is 67.3 Å². The van der Waals surface area contributed by atoms with Crippen LogP contribution in [0.4, 0.5) is 5.69 Å². The van der Waals surface area contributed by atoms with E-state index in [1.807, 2.05) is 18.2 Å². The lowest BCUT2D eigenvalue weighted by Crippen LogP contribution is -2.04. The highest BCUT2D eigenvalue weighted by Gasteiger charge is 1.98. The van der Waals surface area contributed by atoms with E-state index in [0.29, 0.717) is 5.69 Å². The number of nitrogens with two attached hydrogens (primary N) is 3. The van der Waals surface area contributed by atoms with Crippen molar-refractivity contribution in [2.45, 2.75) is 6.42 Å². The van der Waals surface area contributed by atoms with Gasteiger partial charge in [0.1, 0.15) is 0 Å². The lowest BCUT2D eigenvalue weighted by atomic mass is 10.2. The molecule has 128 valence electrons. The van der Waals surface area contributed by atoms with Crippen molar-refractivity contribution < 1.29 is 14.7 Å². The average molecular weight is 329 g/mol.